The highest BCUT2D eigenvalue weighted by Crippen LogP contribution is 2.17. The molecule has 2 heterocycles. The van der Waals surface area contributed by atoms with Gasteiger partial charge in [-0.2, -0.15) is 10.2 Å². The van der Waals surface area contributed by atoms with E-state index < -0.39 is 0 Å². The quantitative estimate of drug-likeness (QED) is 0.698. The molecule has 3 rings (SSSR count). The number of benzene rings is 1. The molecule has 6 nitrogen and oxygen atoms in total. The Kier molecular flexibility index (Phi) is 4.82. The largest absolute Gasteiger partial charge is 0.330 e. The molecule has 0 saturated carbocycles. The molecule has 8 heteroatoms. The first kappa shape index (κ1) is 16.5. The summed E-state index contributed by atoms with van der Waals surface area (Å²) >= 11 is 11.5. The van der Waals surface area contributed by atoms with Crippen molar-refractivity contribution in [3.63, 3.8) is 0 Å². The molecule has 0 atom stereocenters. The van der Waals surface area contributed by atoms with Gasteiger partial charge in [0, 0.05) is 18.3 Å². The lowest BCUT2D eigenvalue weighted by molar-refractivity contribution is 0.687. The number of aromatic nitrogens is 4. The van der Waals surface area contributed by atoms with Crippen molar-refractivity contribution >= 4 is 40.3 Å². The van der Waals surface area contributed by atoms with E-state index in [1.54, 1.807) is 17.1 Å². The van der Waals surface area contributed by atoms with Crippen molar-refractivity contribution in [3.8, 4) is 0 Å². The minimum Gasteiger partial charge on any atom is -0.330 e. The Balaban J connectivity index is 1.62. The van der Waals surface area contributed by atoms with Gasteiger partial charge in [0.25, 0.3) is 0 Å². The van der Waals surface area contributed by atoms with Gasteiger partial charge in [-0.15, -0.1) is 0 Å². The average Bonchev–Trinajstić information content (AvgIpc) is 3.11. The van der Waals surface area contributed by atoms with Crippen molar-refractivity contribution in [2.24, 2.45) is 7.05 Å². The second-order valence-electron chi connectivity index (χ2n) is 5.36. The summed E-state index contributed by atoms with van der Waals surface area (Å²) in [5.74, 6) is 0. The summed E-state index contributed by atoms with van der Waals surface area (Å²) in [7, 11) is 1.88. The SMILES string of the molecule is Cc1c(NC(=S)Nc2cnn(Cc3ccccc3Cl)c2)cnn1C. The molecule has 0 amide bonds. The third-order valence-electron chi connectivity index (χ3n) is 3.66. The van der Waals surface area contributed by atoms with Gasteiger partial charge in [-0.25, -0.2) is 0 Å². The molecule has 124 valence electrons. The fourth-order valence-corrected chi connectivity index (χ4v) is 2.65. The molecular weight excluding hydrogens is 344 g/mol. The number of thiocarbonyl (C=S) groups is 1. The molecule has 0 saturated heterocycles. The van der Waals surface area contributed by atoms with Crippen LogP contribution in [0.3, 0.4) is 0 Å². The van der Waals surface area contributed by atoms with E-state index in [1.807, 2.05) is 49.1 Å². The second-order valence-corrected chi connectivity index (χ2v) is 6.18. The molecule has 24 heavy (non-hydrogen) atoms. The second kappa shape index (κ2) is 7.02. The van der Waals surface area contributed by atoms with Crippen LogP contribution in [0.4, 0.5) is 11.4 Å². The number of hydrogen-bond donors (Lipinski definition) is 2. The van der Waals surface area contributed by atoms with Crippen molar-refractivity contribution in [2.45, 2.75) is 13.5 Å². The molecular formula is C16H17ClN6S. The highest BCUT2D eigenvalue weighted by molar-refractivity contribution is 7.80. The first-order valence-corrected chi connectivity index (χ1v) is 8.14. The van der Waals surface area contributed by atoms with E-state index in [0.717, 1.165) is 27.7 Å². The van der Waals surface area contributed by atoms with Gasteiger partial charge < -0.3 is 10.6 Å². The van der Waals surface area contributed by atoms with E-state index >= 15 is 0 Å². The van der Waals surface area contributed by atoms with Gasteiger partial charge in [-0.3, -0.25) is 9.36 Å². The third-order valence-corrected chi connectivity index (χ3v) is 4.24. The molecule has 0 bridgehead atoms. The highest BCUT2D eigenvalue weighted by atomic mass is 35.5. The molecule has 0 aliphatic rings. The van der Waals surface area contributed by atoms with Crippen LogP contribution in [0.5, 0.6) is 0 Å². The summed E-state index contributed by atoms with van der Waals surface area (Å²) < 4.78 is 3.59. The smallest absolute Gasteiger partial charge is 0.175 e. The normalized spacial score (nSPS) is 10.6. The Hall–Kier alpha value is -2.38. The van der Waals surface area contributed by atoms with Gasteiger partial charge in [0.15, 0.2) is 5.11 Å². The monoisotopic (exact) mass is 360 g/mol. The summed E-state index contributed by atoms with van der Waals surface area (Å²) in [4.78, 5) is 0. The van der Waals surface area contributed by atoms with Crippen LogP contribution in [-0.2, 0) is 13.6 Å². The van der Waals surface area contributed by atoms with E-state index in [1.165, 1.54) is 0 Å². The molecule has 0 aliphatic heterocycles. The Morgan fingerprint density at radius 2 is 2.00 bits per heavy atom. The molecule has 3 aromatic rings. The molecule has 0 spiro atoms. The van der Waals surface area contributed by atoms with Gasteiger partial charge in [-0.1, -0.05) is 29.8 Å². The summed E-state index contributed by atoms with van der Waals surface area (Å²) in [6.07, 6.45) is 5.35. The van der Waals surface area contributed by atoms with E-state index in [4.69, 9.17) is 23.8 Å². The third kappa shape index (κ3) is 3.74. The molecule has 0 unspecified atom stereocenters. The standard InChI is InChI=1S/C16H17ClN6S/c1-11-15(8-18-22(11)2)21-16(24)20-13-7-19-23(10-13)9-12-5-3-4-6-14(12)17/h3-8,10H,9H2,1-2H3,(H2,20,21,24). The fourth-order valence-electron chi connectivity index (χ4n) is 2.22. The number of anilines is 2. The van der Waals surface area contributed by atoms with Crippen LogP contribution in [0.25, 0.3) is 0 Å². The predicted molar refractivity (Wildman–Crippen MR) is 101 cm³/mol. The topological polar surface area (TPSA) is 59.7 Å². The minimum absolute atomic E-state index is 0.489. The van der Waals surface area contributed by atoms with Crippen LogP contribution in [0, 0.1) is 6.92 Å². The summed E-state index contributed by atoms with van der Waals surface area (Å²) in [6.45, 7) is 2.57. The van der Waals surface area contributed by atoms with Crippen LogP contribution in [0.1, 0.15) is 11.3 Å². The number of hydrogen-bond acceptors (Lipinski definition) is 3. The van der Waals surface area contributed by atoms with Gasteiger partial charge in [-0.05, 0) is 30.8 Å². The maximum absolute atomic E-state index is 6.18. The first-order valence-electron chi connectivity index (χ1n) is 7.35. The molecule has 0 radical (unpaired) electrons. The van der Waals surface area contributed by atoms with Gasteiger partial charge >= 0.3 is 0 Å². The summed E-state index contributed by atoms with van der Waals surface area (Å²) in [5, 5.41) is 16.0. The molecule has 2 aromatic heterocycles. The van der Waals surface area contributed by atoms with Crippen molar-refractivity contribution in [3.05, 3.63) is 59.1 Å². The van der Waals surface area contributed by atoms with E-state index in [0.29, 0.717) is 11.7 Å². The zero-order chi connectivity index (χ0) is 17.1. The van der Waals surface area contributed by atoms with Gasteiger partial charge in [0.2, 0.25) is 0 Å². The zero-order valence-corrected chi connectivity index (χ0v) is 14.9. The summed E-state index contributed by atoms with van der Waals surface area (Å²) in [6, 6.07) is 7.72. The lowest BCUT2D eigenvalue weighted by Crippen LogP contribution is -2.19. The van der Waals surface area contributed by atoms with E-state index in [-0.39, 0.29) is 0 Å². The van der Waals surface area contributed by atoms with E-state index in [2.05, 4.69) is 20.8 Å². The van der Waals surface area contributed by atoms with Crippen molar-refractivity contribution < 1.29 is 0 Å². The molecule has 0 fully saturated rings. The number of aryl methyl sites for hydroxylation is 1. The van der Waals surface area contributed by atoms with Gasteiger partial charge in [0.05, 0.1) is 36.0 Å². The lowest BCUT2D eigenvalue weighted by Gasteiger charge is -2.08. The maximum atomic E-state index is 6.18. The fraction of sp³-hybridized carbons (Fsp3) is 0.188. The van der Waals surface area contributed by atoms with Crippen LogP contribution >= 0.6 is 23.8 Å². The zero-order valence-electron chi connectivity index (χ0n) is 13.3. The Morgan fingerprint density at radius 1 is 1.21 bits per heavy atom. The summed E-state index contributed by atoms with van der Waals surface area (Å²) in [5.41, 5.74) is 3.70. The predicted octanol–water partition coefficient (Wildman–Crippen LogP) is 3.44. The minimum atomic E-state index is 0.489. The molecule has 1 aromatic carbocycles. The first-order chi connectivity index (χ1) is 11.5. The van der Waals surface area contributed by atoms with Crippen LogP contribution in [0.2, 0.25) is 5.02 Å². The lowest BCUT2D eigenvalue weighted by atomic mass is 10.2. The number of rotatable bonds is 4. The Morgan fingerprint density at radius 3 is 2.71 bits per heavy atom. The van der Waals surface area contributed by atoms with Crippen molar-refractivity contribution in [1.29, 1.82) is 0 Å². The average molecular weight is 361 g/mol. The number of nitrogens with one attached hydrogen (secondary N) is 2. The van der Waals surface area contributed by atoms with Crippen molar-refractivity contribution in [2.75, 3.05) is 10.6 Å². The molecule has 2 N–H and O–H groups in total. The van der Waals surface area contributed by atoms with Crippen LogP contribution < -0.4 is 10.6 Å². The van der Waals surface area contributed by atoms with Crippen LogP contribution in [-0.4, -0.2) is 24.7 Å². The van der Waals surface area contributed by atoms with E-state index in [9.17, 15) is 0 Å². The highest BCUT2D eigenvalue weighted by Gasteiger charge is 2.07. The van der Waals surface area contributed by atoms with Gasteiger partial charge in [0.1, 0.15) is 0 Å². The Labute approximate surface area is 150 Å². The van der Waals surface area contributed by atoms with Crippen LogP contribution in [0.15, 0.2) is 42.9 Å². The Bertz CT molecular complexity index is 869. The number of nitrogens with zero attached hydrogens (tertiary/aromatic N) is 4. The van der Waals surface area contributed by atoms with Crippen molar-refractivity contribution in [1.82, 2.24) is 19.6 Å². The maximum Gasteiger partial charge on any atom is 0.175 e. The number of halogens is 1. The molecule has 0 aliphatic carbocycles.